The number of halogens is 1. The molecule has 0 atom stereocenters. The summed E-state index contributed by atoms with van der Waals surface area (Å²) in [6.07, 6.45) is 7.69. The number of pyridine rings is 1. The van der Waals surface area contributed by atoms with Crippen LogP contribution in [0.15, 0.2) is 34.3 Å². The van der Waals surface area contributed by atoms with Crippen LogP contribution < -0.4 is 10.5 Å². The molecular formula is C19H21ClN6OS. The third kappa shape index (κ3) is 3.51. The monoisotopic (exact) mass is 416 g/mol. The van der Waals surface area contributed by atoms with Gasteiger partial charge in [-0.2, -0.15) is 0 Å². The topological polar surface area (TPSA) is 68.3 Å². The first-order valence-corrected chi connectivity index (χ1v) is 11.1. The molecule has 2 aliphatic rings. The Morgan fingerprint density at radius 2 is 1.96 bits per heavy atom. The highest BCUT2D eigenvalue weighted by atomic mass is 35.5. The van der Waals surface area contributed by atoms with E-state index in [1.165, 1.54) is 36.5 Å². The fourth-order valence-corrected chi connectivity index (χ4v) is 4.72. The van der Waals surface area contributed by atoms with Gasteiger partial charge in [-0.1, -0.05) is 23.4 Å². The molecule has 4 heterocycles. The second-order valence-corrected chi connectivity index (χ2v) is 8.76. The van der Waals surface area contributed by atoms with Gasteiger partial charge in [-0.05, 0) is 44.2 Å². The smallest absolute Gasteiger partial charge is 0.258 e. The quantitative estimate of drug-likeness (QED) is 0.592. The third-order valence-corrected chi connectivity index (χ3v) is 6.42. The van der Waals surface area contributed by atoms with Crippen molar-refractivity contribution in [2.45, 2.75) is 49.1 Å². The molecule has 0 unspecified atom stereocenters. The van der Waals surface area contributed by atoms with Crippen LogP contribution in [0.2, 0.25) is 5.02 Å². The number of anilines is 1. The van der Waals surface area contributed by atoms with Crippen molar-refractivity contribution in [2.75, 3.05) is 18.0 Å². The summed E-state index contributed by atoms with van der Waals surface area (Å²) in [7, 11) is 0. The summed E-state index contributed by atoms with van der Waals surface area (Å²) >= 11 is 7.58. The van der Waals surface area contributed by atoms with Gasteiger partial charge in [-0.15, -0.1) is 10.2 Å². The van der Waals surface area contributed by atoms with Crippen LogP contribution in [0.1, 0.15) is 43.8 Å². The van der Waals surface area contributed by atoms with Crippen molar-refractivity contribution in [1.29, 1.82) is 0 Å². The Balaban J connectivity index is 1.39. The molecule has 1 aliphatic carbocycles. The van der Waals surface area contributed by atoms with Crippen molar-refractivity contribution in [3.05, 3.63) is 45.5 Å². The van der Waals surface area contributed by atoms with E-state index >= 15 is 0 Å². The highest BCUT2D eigenvalue weighted by Crippen LogP contribution is 2.41. The van der Waals surface area contributed by atoms with Crippen LogP contribution in [0.3, 0.4) is 0 Å². The molecule has 3 aromatic heterocycles. The van der Waals surface area contributed by atoms with E-state index in [0.29, 0.717) is 22.5 Å². The SMILES string of the molecule is O=c1cc(CSc2nnc(N3CCCCC3)n2C2CC2)nc2ccc(Cl)cn12. The number of aromatic nitrogens is 5. The van der Waals surface area contributed by atoms with Crippen LogP contribution in [0.25, 0.3) is 5.65 Å². The Morgan fingerprint density at radius 1 is 1.14 bits per heavy atom. The Morgan fingerprint density at radius 3 is 2.75 bits per heavy atom. The predicted molar refractivity (Wildman–Crippen MR) is 110 cm³/mol. The van der Waals surface area contributed by atoms with Gasteiger partial charge < -0.3 is 4.90 Å². The summed E-state index contributed by atoms with van der Waals surface area (Å²) in [5.74, 6) is 1.59. The first-order valence-electron chi connectivity index (χ1n) is 9.69. The molecule has 0 amide bonds. The zero-order valence-corrected chi connectivity index (χ0v) is 17.0. The molecule has 28 heavy (non-hydrogen) atoms. The van der Waals surface area contributed by atoms with Gasteiger partial charge in [0.2, 0.25) is 5.95 Å². The lowest BCUT2D eigenvalue weighted by molar-refractivity contribution is 0.548. The number of hydrogen-bond donors (Lipinski definition) is 0. The molecule has 146 valence electrons. The van der Waals surface area contributed by atoms with Gasteiger partial charge in [0.15, 0.2) is 5.16 Å². The predicted octanol–water partition coefficient (Wildman–Crippen LogP) is 3.56. The second-order valence-electron chi connectivity index (χ2n) is 7.38. The number of thioether (sulfide) groups is 1. The molecule has 2 fully saturated rings. The van der Waals surface area contributed by atoms with E-state index in [1.54, 1.807) is 36.2 Å². The van der Waals surface area contributed by atoms with Gasteiger partial charge in [0.1, 0.15) is 5.65 Å². The minimum atomic E-state index is -0.124. The van der Waals surface area contributed by atoms with E-state index < -0.39 is 0 Å². The molecule has 1 saturated carbocycles. The van der Waals surface area contributed by atoms with Crippen molar-refractivity contribution >= 4 is 35.0 Å². The summed E-state index contributed by atoms with van der Waals surface area (Å²) in [5, 5.41) is 10.4. The minimum Gasteiger partial charge on any atom is -0.341 e. The molecule has 7 nitrogen and oxygen atoms in total. The van der Waals surface area contributed by atoms with Crippen molar-refractivity contribution in [3.63, 3.8) is 0 Å². The van der Waals surface area contributed by atoms with E-state index in [9.17, 15) is 4.79 Å². The van der Waals surface area contributed by atoms with E-state index in [1.807, 2.05) is 0 Å². The fourth-order valence-electron chi connectivity index (χ4n) is 3.67. The van der Waals surface area contributed by atoms with Crippen LogP contribution in [-0.4, -0.2) is 37.2 Å². The van der Waals surface area contributed by atoms with Crippen LogP contribution in [0, 0.1) is 0 Å². The standard InChI is InChI=1S/C19H21ClN6OS/c20-13-4-7-16-21-14(10-17(27)25(16)11-13)12-28-19-23-22-18(26(19)15-5-6-15)24-8-2-1-3-9-24/h4,7,10-11,15H,1-3,5-6,8-9,12H2. The molecule has 0 N–H and O–H groups in total. The van der Waals surface area contributed by atoms with Gasteiger partial charge in [-0.25, -0.2) is 4.98 Å². The molecule has 0 bridgehead atoms. The van der Waals surface area contributed by atoms with E-state index in [4.69, 9.17) is 11.6 Å². The highest BCUT2D eigenvalue weighted by molar-refractivity contribution is 7.98. The summed E-state index contributed by atoms with van der Waals surface area (Å²) in [6, 6.07) is 5.58. The third-order valence-electron chi connectivity index (χ3n) is 5.22. The van der Waals surface area contributed by atoms with Crippen molar-refractivity contribution in [2.24, 2.45) is 0 Å². The first-order chi connectivity index (χ1) is 13.7. The number of hydrogen-bond acceptors (Lipinski definition) is 6. The molecule has 0 spiro atoms. The summed E-state index contributed by atoms with van der Waals surface area (Å²) in [6.45, 7) is 2.11. The summed E-state index contributed by atoms with van der Waals surface area (Å²) in [4.78, 5) is 19.3. The van der Waals surface area contributed by atoms with E-state index in [-0.39, 0.29) is 5.56 Å². The van der Waals surface area contributed by atoms with Crippen LogP contribution in [0.4, 0.5) is 5.95 Å². The Hall–Kier alpha value is -2.06. The first kappa shape index (κ1) is 18.0. The molecule has 0 radical (unpaired) electrons. The maximum absolute atomic E-state index is 12.4. The number of fused-ring (bicyclic) bond motifs is 1. The molecule has 5 rings (SSSR count). The molecule has 1 saturated heterocycles. The fraction of sp³-hybridized carbons (Fsp3) is 0.474. The Kier molecular flexibility index (Phi) is 4.76. The average Bonchev–Trinajstić information content (AvgIpc) is 3.46. The number of nitrogens with zero attached hydrogens (tertiary/aromatic N) is 6. The van der Waals surface area contributed by atoms with Gasteiger partial charge in [0, 0.05) is 37.1 Å². The van der Waals surface area contributed by atoms with Crippen LogP contribution in [-0.2, 0) is 5.75 Å². The molecule has 0 aromatic carbocycles. The maximum Gasteiger partial charge on any atom is 0.258 e. The van der Waals surface area contributed by atoms with Crippen LogP contribution in [0.5, 0.6) is 0 Å². The normalized spacial score (nSPS) is 17.4. The zero-order chi connectivity index (χ0) is 19.1. The van der Waals surface area contributed by atoms with Gasteiger partial charge in [0.05, 0.1) is 10.7 Å². The largest absolute Gasteiger partial charge is 0.341 e. The van der Waals surface area contributed by atoms with Crippen molar-refractivity contribution < 1.29 is 0 Å². The highest BCUT2D eigenvalue weighted by Gasteiger charge is 2.32. The molecule has 3 aromatic rings. The molecule has 9 heteroatoms. The van der Waals surface area contributed by atoms with Crippen molar-refractivity contribution in [1.82, 2.24) is 24.1 Å². The van der Waals surface area contributed by atoms with E-state index in [2.05, 4.69) is 24.6 Å². The average molecular weight is 417 g/mol. The maximum atomic E-state index is 12.4. The summed E-state index contributed by atoms with van der Waals surface area (Å²) in [5.41, 5.74) is 1.22. The lowest BCUT2D eigenvalue weighted by Crippen LogP contribution is -2.31. The lowest BCUT2D eigenvalue weighted by Gasteiger charge is -2.27. The minimum absolute atomic E-state index is 0.124. The van der Waals surface area contributed by atoms with Crippen LogP contribution >= 0.6 is 23.4 Å². The second kappa shape index (κ2) is 7.40. The number of rotatable bonds is 5. The Labute approximate surface area is 171 Å². The molecular weight excluding hydrogens is 396 g/mol. The molecule has 1 aliphatic heterocycles. The van der Waals surface area contributed by atoms with Gasteiger partial charge in [-0.3, -0.25) is 13.8 Å². The van der Waals surface area contributed by atoms with Crippen molar-refractivity contribution in [3.8, 4) is 0 Å². The van der Waals surface area contributed by atoms with Gasteiger partial charge in [0.25, 0.3) is 5.56 Å². The van der Waals surface area contributed by atoms with Gasteiger partial charge >= 0.3 is 0 Å². The zero-order valence-electron chi connectivity index (χ0n) is 15.4. The number of piperidine rings is 1. The lowest BCUT2D eigenvalue weighted by atomic mass is 10.1. The van der Waals surface area contributed by atoms with E-state index in [0.717, 1.165) is 29.9 Å². The Bertz CT molecular complexity index is 1070. The summed E-state index contributed by atoms with van der Waals surface area (Å²) < 4.78 is 3.77.